The van der Waals surface area contributed by atoms with Gasteiger partial charge in [0, 0.05) is 0 Å². The third-order valence-electron chi connectivity index (χ3n) is 5.20. The van der Waals surface area contributed by atoms with Gasteiger partial charge in [-0.2, -0.15) is 0 Å². The molecule has 2 heteroatoms. The molecule has 4 aromatic rings. The number of hydrogen-bond donors (Lipinski definition) is 0. The van der Waals surface area contributed by atoms with Gasteiger partial charge in [-0.15, -0.1) is 0 Å². The van der Waals surface area contributed by atoms with E-state index in [-0.39, 0.29) is 0 Å². The van der Waals surface area contributed by atoms with Crippen LogP contribution >= 0.6 is 0 Å². The molecule has 0 saturated heterocycles. The molecule has 0 N–H and O–H groups in total. The standard InChI is InChI=1S/C27H25Si2/c1-5-13-23(14-6-1)21-22-27(28-24-15-7-2-8-16-24)29(25-17-9-3-10-18-25)26-19-11-4-12-20-26/h1-20,27H,21-22H2. The van der Waals surface area contributed by atoms with Crippen LogP contribution in [0.2, 0.25) is 5.16 Å². The Morgan fingerprint density at radius 1 is 0.552 bits per heavy atom. The first-order valence-corrected chi connectivity index (χ1v) is 12.9. The van der Waals surface area contributed by atoms with Crippen LogP contribution in [-0.2, 0) is 6.42 Å². The van der Waals surface area contributed by atoms with E-state index in [1.165, 1.54) is 27.5 Å². The molecule has 0 nitrogen and oxygen atoms in total. The van der Waals surface area contributed by atoms with Gasteiger partial charge in [-0.05, 0) is 17.1 Å². The molecule has 0 saturated carbocycles. The quantitative estimate of drug-likeness (QED) is 0.384. The molecule has 0 amide bonds. The normalized spacial score (nSPS) is 12.0. The lowest BCUT2D eigenvalue weighted by Crippen LogP contribution is -2.49. The van der Waals surface area contributed by atoms with Crippen LogP contribution in [-0.4, -0.2) is 18.3 Å². The third-order valence-corrected chi connectivity index (χ3v) is 10.7. The molecule has 3 radical (unpaired) electrons. The summed E-state index contributed by atoms with van der Waals surface area (Å²) in [7, 11) is -0.0690. The molecule has 0 aromatic heterocycles. The molecule has 1 unspecified atom stereocenters. The first-order chi connectivity index (χ1) is 14.4. The van der Waals surface area contributed by atoms with Crippen molar-refractivity contribution in [3.8, 4) is 0 Å². The van der Waals surface area contributed by atoms with E-state index in [2.05, 4.69) is 121 Å². The average Bonchev–Trinajstić information content (AvgIpc) is 2.80. The van der Waals surface area contributed by atoms with Crippen LogP contribution in [0.3, 0.4) is 0 Å². The van der Waals surface area contributed by atoms with Gasteiger partial charge in [0.1, 0.15) is 8.80 Å². The summed E-state index contributed by atoms with van der Waals surface area (Å²) in [6.45, 7) is 0. The Morgan fingerprint density at radius 2 is 1.00 bits per heavy atom. The van der Waals surface area contributed by atoms with E-state index in [0.29, 0.717) is 5.16 Å². The highest BCUT2D eigenvalue weighted by Crippen LogP contribution is 2.19. The Hall–Kier alpha value is -2.69. The van der Waals surface area contributed by atoms with Crippen molar-refractivity contribution in [1.29, 1.82) is 0 Å². The second-order valence-electron chi connectivity index (χ2n) is 7.23. The lowest BCUT2D eigenvalue weighted by molar-refractivity contribution is 0.872. The lowest BCUT2D eigenvalue weighted by Gasteiger charge is -2.26. The number of hydrogen-bond acceptors (Lipinski definition) is 0. The largest absolute Gasteiger partial charge is 0.121 e. The number of benzene rings is 4. The van der Waals surface area contributed by atoms with Crippen molar-refractivity contribution in [3.63, 3.8) is 0 Å². The van der Waals surface area contributed by atoms with Crippen LogP contribution in [0.25, 0.3) is 0 Å². The van der Waals surface area contributed by atoms with Crippen molar-refractivity contribution in [3.05, 3.63) is 127 Å². The smallest absolute Gasteiger partial charge is 0.0642 e. The van der Waals surface area contributed by atoms with Crippen LogP contribution in [0.4, 0.5) is 0 Å². The highest BCUT2D eigenvalue weighted by Gasteiger charge is 2.28. The molecule has 0 aliphatic rings. The Kier molecular flexibility index (Phi) is 6.90. The van der Waals surface area contributed by atoms with Gasteiger partial charge in [0.05, 0.1) is 9.52 Å². The predicted octanol–water partition coefficient (Wildman–Crippen LogP) is 4.29. The topological polar surface area (TPSA) is 0 Å². The Labute approximate surface area is 178 Å². The number of rotatable bonds is 8. The van der Waals surface area contributed by atoms with Gasteiger partial charge in [0.2, 0.25) is 0 Å². The Bertz CT molecular complexity index is 930. The zero-order chi connectivity index (χ0) is 19.7. The summed E-state index contributed by atoms with van der Waals surface area (Å²) in [5.74, 6) is 0. The van der Waals surface area contributed by atoms with Crippen molar-refractivity contribution in [2.45, 2.75) is 18.0 Å². The molecule has 141 valence electrons. The SMILES string of the molecule is c1ccc(CCC([Si]c2ccccc2)[Si](c2ccccc2)c2ccccc2)cc1. The highest BCUT2D eigenvalue weighted by molar-refractivity contribution is 6.93. The monoisotopic (exact) mass is 405 g/mol. The van der Waals surface area contributed by atoms with Crippen LogP contribution in [0.5, 0.6) is 0 Å². The van der Waals surface area contributed by atoms with E-state index < -0.39 is 8.80 Å². The molecule has 0 heterocycles. The minimum atomic E-state index is -0.893. The van der Waals surface area contributed by atoms with Crippen LogP contribution < -0.4 is 15.6 Å². The van der Waals surface area contributed by atoms with Gasteiger partial charge in [-0.1, -0.05) is 143 Å². The molecule has 4 aromatic carbocycles. The van der Waals surface area contributed by atoms with E-state index in [1.807, 2.05) is 0 Å². The van der Waals surface area contributed by atoms with Gasteiger partial charge >= 0.3 is 0 Å². The fourth-order valence-corrected chi connectivity index (χ4v) is 9.61. The average molecular weight is 406 g/mol. The summed E-state index contributed by atoms with van der Waals surface area (Å²) in [5.41, 5.74) is 1.44. The van der Waals surface area contributed by atoms with E-state index in [1.54, 1.807) is 0 Å². The summed E-state index contributed by atoms with van der Waals surface area (Å²) in [6.07, 6.45) is 2.36. The maximum atomic E-state index is 2.34. The van der Waals surface area contributed by atoms with E-state index in [9.17, 15) is 0 Å². The van der Waals surface area contributed by atoms with Crippen LogP contribution in [0, 0.1) is 0 Å². The van der Waals surface area contributed by atoms with Gasteiger partial charge in [0.15, 0.2) is 0 Å². The zero-order valence-corrected chi connectivity index (χ0v) is 18.5. The molecular formula is C27H25Si2. The van der Waals surface area contributed by atoms with Gasteiger partial charge < -0.3 is 0 Å². The maximum Gasteiger partial charge on any atom is 0.121 e. The molecule has 4 rings (SSSR count). The first-order valence-electron chi connectivity index (χ1n) is 10.2. The Balaban J connectivity index is 1.68. The fourth-order valence-electron chi connectivity index (χ4n) is 3.78. The van der Waals surface area contributed by atoms with Crippen molar-refractivity contribution in [2.75, 3.05) is 0 Å². The van der Waals surface area contributed by atoms with Crippen LogP contribution in [0.1, 0.15) is 12.0 Å². The van der Waals surface area contributed by atoms with Crippen molar-refractivity contribution in [1.82, 2.24) is 0 Å². The summed E-state index contributed by atoms with van der Waals surface area (Å²) in [4.78, 5) is 0. The molecule has 0 bridgehead atoms. The van der Waals surface area contributed by atoms with Crippen molar-refractivity contribution >= 4 is 33.9 Å². The maximum absolute atomic E-state index is 2.34. The van der Waals surface area contributed by atoms with Gasteiger partial charge in [-0.25, -0.2) is 0 Å². The van der Waals surface area contributed by atoms with E-state index >= 15 is 0 Å². The molecule has 0 fully saturated rings. The molecule has 0 spiro atoms. The lowest BCUT2D eigenvalue weighted by atomic mass is 10.1. The highest BCUT2D eigenvalue weighted by atomic mass is 28.3. The van der Waals surface area contributed by atoms with Gasteiger partial charge in [0.25, 0.3) is 0 Å². The van der Waals surface area contributed by atoms with Crippen LogP contribution in [0.15, 0.2) is 121 Å². The second kappa shape index (κ2) is 10.2. The zero-order valence-electron chi connectivity index (χ0n) is 16.5. The summed E-state index contributed by atoms with van der Waals surface area (Å²) < 4.78 is 0. The molecule has 0 aliphatic heterocycles. The van der Waals surface area contributed by atoms with E-state index in [4.69, 9.17) is 0 Å². The molecule has 0 aliphatic carbocycles. The van der Waals surface area contributed by atoms with Crippen molar-refractivity contribution in [2.24, 2.45) is 0 Å². The third kappa shape index (κ3) is 5.44. The van der Waals surface area contributed by atoms with E-state index in [0.717, 1.165) is 15.9 Å². The summed E-state index contributed by atoms with van der Waals surface area (Å²) in [6, 6.07) is 44.4. The molecule has 29 heavy (non-hydrogen) atoms. The predicted molar refractivity (Wildman–Crippen MR) is 128 cm³/mol. The van der Waals surface area contributed by atoms with Crippen molar-refractivity contribution < 1.29 is 0 Å². The second-order valence-corrected chi connectivity index (χ2v) is 12.1. The molecule has 1 atom stereocenters. The summed E-state index contributed by atoms with van der Waals surface area (Å²) >= 11 is 0. The fraction of sp³-hybridized carbons (Fsp3) is 0.111. The first kappa shape index (κ1) is 19.6. The Morgan fingerprint density at radius 3 is 1.52 bits per heavy atom. The minimum Gasteiger partial charge on any atom is -0.0642 e. The molecular weight excluding hydrogens is 380 g/mol. The minimum absolute atomic E-state index is 0.660. The number of aryl methyl sites for hydroxylation is 1. The summed E-state index contributed by atoms with van der Waals surface area (Å²) in [5, 5.41) is 5.17. The van der Waals surface area contributed by atoms with Gasteiger partial charge in [-0.3, -0.25) is 0 Å².